The van der Waals surface area contributed by atoms with Crippen LogP contribution in [0.2, 0.25) is 0 Å². The average Bonchev–Trinajstić information content (AvgIpc) is 3.00. The number of ether oxygens (including phenoxy) is 2. The summed E-state index contributed by atoms with van der Waals surface area (Å²) >= 11 is 0. The second-order valence-corrected chi connectivity index (χ2v) is 5.99. The first kappa shape index (κ1) is 18.4. The quantitative estimate of drug-likeness (QED) is 0.494. The van der Waals surface area contributed by atoms with Crippen LogP contribution in [-0.2, 0) is 4.74 Å². The number of hydrogen-bond donors (Lipinski definition) is 0. The van der Waals surface area contributed by atoms with Gasteiger partial charge in [-0.3, -0.25) is 4.79 Å². The lowest BCUT2D eigenvalue weighted by Gasteiger charge is -2.08. The van der Waals surface area contributed by atoms with Crippen molar-refractivity contribution in [1.29, 1.82) is 0 Å². The van der Waals surface area contributed by atoms with Crippen LogP contribution in [0, 0.1) is 13.8 Å². The van der Waals surface area contributed by atoms with Gasteiger partial charge in [-0.05, 0) is 38.1 Å². The summed E-state index contributed by atoms with van der Waals surface area (Å²) in [5.41, 5.74) is 2.80. The summed E-state index contributed by atoms with van der Waals surface area (Å²) in [7, 11) is 1.49. The van der Waals surface area contributed by atoms with E-state index in [1.165, 1.54) is 7.11 Å². The van der Waals surface area contributed by atoms with Crippen molar-refractivity contribution in [2.24, 2.45) is 0 Å². The first-order chi connectivity index (χ1) is 13.0. The molecule has 138 valence electrons. The second-order valence-electron chi connectivity index (χ2n) is 5.99. The van der Waals surface area contributed by atoms with Gasteiger partial charge >= 0.3 is 5.97 Å². The highest BCUT2D eigenvalue weighted by atomic mass is 16.5. The van der Waals surface area contributed by atoms with Gasteiger partial charge in [-0.15, -0.1) is 0 Å². The van der Waals surface area contributed by atoms with Gasteiger partial charge in [0.05, 0.1) is 29.7 Å². The first-order valence-electron chi connectivity index (χ1n) is 8.48. The van der Waals surface area contributed by atoms with Gasteiger partial charge < -0.3 is 9.47 Å². The van der Waals surface area contributed by atoms with Crippen molar-refractivity contribution in [2.45, 2.75) is 13.8 Å². The van der Waals surface area contributed by atoms with E-state index in [4.69, 9.17) is 9.47 Å². The third-order valence-corrected chi connectivity index (χ3v) is 4.24. The number of rotatable bonds is 6. The number of esters is 1. The Hall–Kier alpha value is -3.41. The number of Topliss-reactive ketones (excluding diaryl/α,β-unsaturated/α-hetero) is 1. The van der Waals surface area contributed by atoms with Gasteiger partial charge in [-0.25, -0.2) is 9.48 Å². The molecule has 0 bridgehead atoms. The minimum atomic E-state index is -0.574. The zero-order valence-electron chi connectivity index (χ0n) is 15.4. The first-order valence-corrected chi connectivity index (χ1v) is 8.48. The smallest absolute Gasteiger partial charge is 0.342 e. The summed E-state index contributed by atoms with van der Waals surface area (Å²) in [6.07, 6.45) is 0. The normalized spacial score (nSPS) is 10.5. The van der Waals surface area contributed by atoms with E-state index in [1.807, 2.05) is 30.3 Å². The Morgan fingerprint density at radius 1 is 1.00 bits per heavy atom. The third kappa shape index (κ3) is 3.74. The number of nitrogens with zero attached hydrogens (tertiary/aromatic N) is 2. The second kappa shape index (κ2) is 7.86. The van der Waals surface area contributed by atoms with E-state index < -0.39 is 5.97 Å². The van der Waals surface area contributed by atoms with Gasteiger partial charge in [0.15, 0.2) is 6.61 Å². The Labute approximate surface area is 157 Å². The van der Waals surface area contributed by atoms with Crippen LogP contribution in [-0.4, -0.2) is 35.2 Å². The number of para-hydroxylation sites is 2. The zero-order chi connectivity index (χ0) is 19.4. The van der Waals surface area contributed by atoms with E-state index in [2.05, 4.69) is 5.10 Å². The molecule has 3 aromatic rings. The van der Waals surface area contributed by atoms with Crippen molar-refractivity contribution in [2.75, 3.05) is 13.7 Å². The summed E-state index contributed by atoms with van der Waals surface area (Å²) in [6.45, 7) is 3.17. The molecule has 0 aliphatic rings. The average molecular weight is 364 g/mol. The zero-order valence-corrected chi connectivity index (χ0v) is 15.4. The molecule has 2 aromatic carbocycles. The molecule has 0 saturated heterocycles. The van der Waals surface area contributed by atoms with Gasteiger partial charge in [0, 0.05) is 0 Å². The number of ketones is 1. The summed E-state index contributed by atoms with van der Waals surface area (Å²) in [4.78, 5) is 24.9. The molecule has 6 nitrogen and oxygen atoms in total. The molecule has 27 heavy (non-hydrogen) atoms. The molecule has 0 saturated carbocycles. The number of hydrogen-bond acceptors (Lipinski definition) is 5. The highest BCUT2D eigenvalue weighted by Gasteiger charge is 2.22. The molecule has 6 heteroatoms. The van der Waals surface area contributed by atoms with Gasteiger partial charge in [0.2, 0.25) is 5.78 Å². The van der Waals surface area contributed by atoms with Crippen molar-refractivity contribution in [3.63, 3.8) is 0 Å². The lowest BCUT2D eigenvalue weighted by molar-refractivity contribution is 0.0472. The summed E-state index contributed by atoms with van der Waals surface area (Å²) in [6, 6.07) is 16.3. The lowest BCUT2D eigenvalue weighted by Crippen LogP contribution is -2.16. The monoisotopic (exact) mass is 364 g/mol. The van der Waals surface area contributed by atoms with E-state index in [-0.39, 0.29) is 12.4 Å². The van der Waals surface area contributed by atoms with Crippen molar-refractivity contribution in [3.8, 4) is 11.4 Å². The molecule has 0 fully saturated rings. The summed E-state index contributed by atoms with van der Waals surface area (Å²) in [5, 5.41) is 4.43. The van der Waals surface area contributed by atoms with Crippen LogP contribution in [0.5, 0.6) is 5.75 Å². The summed E-state index contributed by atoms with van der Waals surface area (Å²) in [5.74, 6) is -0.454. The molecule has 1 aromatic heterocycles. The van der Waals surface area contributed by atoms with Crippen LogP contribution in [0.15, 0.2) is 54.6 Å². The predicted molar refractivity (Wildman–Crippen MR) is 101 cm³/mol. The van der Waals surface area contributed by atoms with Crippen LogP contribution in [0.25, 0.3) is 5.69 Å². The van der Waals surface area contributed by atoms with Gasteiger partial charge in [-0.1, -0.05) is 30.3 Å². The topological polar surface area (TPSA) is 70.4 Å². The molecule has 0 spiro atoms. The molecule has 0 radical (unpaired) electrons. The Morgan fingerprint density at radius 2 is 1.67 bits per heavy atom. The number of carbonyl (C=O) groups is 2. The largest absolute Gasteiger partial charge is 0.496 e. The van der Waals surface area contributed by atoms with Crippen LogP contribution >= 0.6 is 0 Å². The third-order valence-electron chi connectivity index (χ3n) is 4.24. The number of benzene rings is 2. The minimum Gasteiger partial charge on any atom is -0.496 e. The van der Waals surface area contributed by atoms with Crippen molar-refractivity contribution < 1.29 is 19.1 Å². The maximum Gasteiger partial charge on any atom is 0.342 e. The predicted octanol–water partition coefficient (Wildman–Crippen LogP) is 3.54. The van der Waals surface area contributed by atoms with Crippen molar-refractivity contribution >= 4 is 11.8 Å². The van der Waals surface area contributed by atoms with Crippen molar-refractivity contribution in [3.05, 3.63) is 77.1 Å². The molecule has 1 heterocycles. The fourth-order valence-electron chi connectivity index (χ4n) is 2.91. The SMILES string of the molecule is COc1ccccc1C(=O)COC(=O)c1c(C)nn(-c2ccccc2)c1C. The van der Waals surface area contributed by atoms with Gasteiger partial charge in [0.25, 0.3) is 0 Å². The molecule has 0 unspecified atom stereocenters. The number of carbonyl (C=O) groups excluding carboxylic acids is 2. The number of aryl methyl sites for hydroxylation is 1. The highest BCUT2D eigenvalue weighted by molar-refractivity contribution is 6.01. The molecular formula is C21H20N2O4. The fourth-order valence-corrected chi connectivity index (χ4v) is 2.91. The van der Waals surface area contributed by atoms with E-state index in [9.17, 15) is 9.59 Å². The van der Waals surface area contributed by atoms with Crippen LogP contribution in [0.4, 0.5) is 0 Å². The maximum absolute atomic E-state index is 12.6. The van der Waals surface area contributed by atoms with Gasteiger partial charge in [0.1, 0.15) is 11.3 Å². The van der Waals surface area contributed by atoms with E-state index in [0.717, 1.165) is 5.69 Å². The van der Waals surface area contributed by atoms with Crippen LogP contribution in [0.1, 0.15) is 32.1 Å². The van der Waals surface area contributed by atoms with Crippen molar-refractivity contribution in [1.82, 2.24) is 9.78 Å². The maximum atomic E-state index is 12.6. The fraction of sp³-hybridized carbons (Fsp3) is 0.190. The Morgan fingerprint density at radius 3 is 2.37 bits per heavy atom. The molecule has 0 N–H and O–H groups in total. The lowest BCUT2D eigenvalue weighted by atomic mass is 10.1. The minimum absolute atomic E-state index is 0.327. The molecule has 0 atom stereocenters. The van der Waals surface area contributed by atoms with E-state index in [0.29, 0.717) is 28.3 Å². The van der Waals surface area contributed by atoms with Crippen LogP contribution in [0.3, 0.4) is 0 Å². The molecule has 3 rings (SSSR count). The molecule has 0 amide bonds. The molecular weight excluding hydrogens is 344 g/mol. The Bertz CT molecular complexity index is 977. The number of methoxy groups -OCH3 is 1. The molecule has 0 aliphatic heterocycles. The van der Waals surface area contributed by atoms with E-state index in [1.54, 1.807) is 42.8 Å². The Balaban J connectivity index is 1.77. The Kier molecular flexibility index (Phi) is 5.35. The molecule has 0 aliphatic carbocycles. The van der Waals surface area contributed by atoms with Gasteiger partial charge in [-0.2, -0.15) is 5.10 Å². The highest BCUT2D eigenvalue weighted by Crippen LogP contribution is 2.20. The van der Waals surface area contributed by atoms with Crippen LogP contribution < -0.4 is 4.74 Å². The van der Waals surface area contributed by atoms with E-state index >= 15 is 0 Å². The number of aromatic nitrogens is 2. The summed E-state index contributed by atoms with van der Waals surface area (Å²) < 4.78 is 12.1. The standard InChI is InChI=1S/C21H20N2O4/c1-14-20(15(2)23(22-14)16-9-5-4-6-10-16)21(25)27-13-18(24)17-11-7-8-12-19(17)26-3/h4-12H,13H2,1-3H3.